The Morgan fingerprint density at radius 1 is 1.67 bits per heavy atom. The van der Waals surface area contributed by atoms with Crippen LogP contribution in [0.3, 0.4) is 0 Å². The highest BCUT2D eigenvalue weighted by atomic mass is 16.2. The first kappa shape index (κ1) is 8.19. The summed E-state index contributed by atoms with van der Waals surface area (Å²) < 4.78 is 0. The summed E-state index contributed by atoms with van der Waals surface area (Å²) in [5.41, 5.74) is 15.3. The lowest BCUT2D eigenvalue weighted by molar-refractivity contribution is 0.233. The van der Waals surface area contributed by atoms with Gasteiger partial charge in [-0.2, -0.15) is 0 Å². The van der Waals surface area contributed by atoms with E-state index in [1.54, 1.807) is 6.92 Å². The molecule has 2 amide bonds. The minimum atomic E-state index is -1.16. The highest BCUT2D eigenvalue weighted by molar-refractivity contribution is 5.72. The molecule has 5 heteroatoms. The number of amides is 2. The molecule has 0 radical (unpaired) electrons. The molecule has 0 unspecified atom stereocenters. The van der Waals surface area contributed by atoms with E-state index in [1.165, 1.54) is 0 Å². The Morgan fingerprint density at radius 3 is 2.22 bits per heavy atom. The van der Waals surface area contributed by atoms with E-state index in [4.69, 9.17) is 17.2 Å². The van der Waals surface area contributed by atoms with Crippen LogP contribution in [0.15, 0.2) is 0 Å². The van der Waals surface area contributed by atoms with Gasteiger partial charge in [-0.3, -0.25) is 11.5 Å². The molecule has 0 saturated heterocycles. The molecule has 0 spiro atoms. The molecular weight excluding hydrogens is 120 g/mol. The van der Waals surface area contributed by atoms with E-state index < -0.39 is 11.8 Å². The molecule has 0 aromatic rings. The number of primary amides is 1. The minimum Gasteiger partial charge on any atom is -0.352 e. The lowest BCUT2D eigenvalue weighted by Crippen LogP contribution is -2.63. The quantitative estimate of drug-likeness (QED) is 0.348. The molecule has 0 aromatic carbocycles. The standard InChI is InChI=1S/C4H12N4O/c1-2-4(6,7)8-3(5)9/h2,6-7H2,1H3,(H3,5,8,9). The predicted octanol–water partition coefficient (Wildman–Crippen LogP) is -1.36. The molecule has 0 heterocycles. The van der Waals surface area contributed by atoms with Gasteiger partial charge < -0.3 is 11.1 Å². The van der Waals surface area contributed by atoms with Crippen LogP contribution in [0.4, 0.5) is 4.79 Å². The number of rotatable bonds is 2. The van der Waals surface area contributed by atoms with Crippen molar-refractivity contribution in [3.63, 3.8) is 0 Å². The topological polar surface area (TPSA) is 107 Å². The number of carbonyl (C=O) groups excluding carboxylic acids is 1. The summed E-state index contributed by atoms with van der Waals surface area (Å²) >= 11 is 0. The smallest absolute Gasteiger partial charge is 0.314 e. The molecule has 0 bridgehead atoms. The van der Waals surface area contributed by atoms with Crippen LogP contribution in [-0.4, -0.2) is 11.8 Å². The van der Waals surface area contributed by atoms with E-state index in [9.17, 15) is 4.79 Å². The van der Waals surface area contributed by atoms with Gasteiger partial charge in [0.1, 0.15) is 5.79 Å². The molecule has 0 aromatic heterocycles. The Bertz CT molecular complexity index is 111. The van der Waals surface area contributed by atoms with Crippen molar-refractivity contribution in [1.82, 2.24) is 5.32 Å². The third-order valence-electron chi connectivity index (χ3n) is 0.941. The van der Waals surface area contributed by atoms with Crippen molar-refractivity contribution in [3.05, 3.63) is 0 Å². The Balaban J connectivity index is 3.71. The highest BCUT2D eigenvalue weighted by Crippen LogP contribution is 1.88. The number of nitrogens with two attached hydrogens (primary N) is 3. The van der Waals surface area contributed by atoms with Crippen LogP contribution in [0.5, 0.6) is 0 Å². The number of urea groups is 1. The van der Waals surface area contributed by atoms with E-state index in [-0.39, 0.29) is 0 Å². The Hall–Kier alpha value is -0.810. The van der Waals surface area contributed by atoms with Gasteiger partial charge in [0, 0.05) is 0 Å². The first-order valence-electron chi connectivity index (χ1n) is 2.63. The van der Waals surface area contributed by atoms with Gasteiger partial charge in [-0.05, 0) is 6.42 Å². The zero-order valence-electron chi connectivity index (χ0n) is 5.35. The van der Waals surface area contributed by atoms with Crippen molar-refractivity contribution in [3.8, 4) is 0 Å². The minimum absolute atomic E-state index is 0.440. The molecule has 9 heavy (non-hydrogen) atoms. The normalized spacial score (nSPS) is 11.0. The summed E-state index contributed by atoms with van der Waals surface area (Å²) in [7, 11) is 0. The van der Waals surface area contributed by atoms with Gasteiger partial charge in [0.05, 0.1) is 0 Å². The van der Waals surface area contributed by atoms with Crippen molar-refractivity contribution < 1.29 is 4.79 Å². The van der Waals surface area contributed by atoms with Crippen LogP contribution in [-0.2, 0) is 0 Å². The fourth-order valence-electron chi connectivity index (χ4n) is 0.318. The van der Waals surface area contributed by atoms with E-state index in [2.05, 4.69) is 5.32 Å². The SMILES string of the molecule is CCC(N)(N)NC(N)=O. The Labute approximate surface area is 53.6 Å². The summed E-state index contributed by atoms with van der Waals surface area (Å²) in [5.74, 6) is -1.16. The molecular formula is C4H12N4O. The Morgan fingerprint density at radius 2 is 2.11 bits per heavy atom. The molecule has 7 N–H and O–H groups in total. The zero-order chi connectivity index (χ0) is 7.49. The largest absolute Gasteiger partial charge is 0.352 e. The first-order chi connectivity index (χ1) is 3.98. The second kappa shape index (κ2) is 2.65. The summed E-state index contributed by atoms with van der Waals surface area (Å²) in [6, 6.07) is -0.707. The molecule has 0 saturated carbocycles. The molecule has 0 fully saturated rings. The molecule has 54 valence electrons. The number of hydrogen-bond acceptors (Lipinski definition) is 3. The van der Waals surface area contributed by atoms with Crippen LogP contribution < -0.4 is 22.5 Å². The Kier molecular flexibility index (Phi) is 2.41. The maximum Gasteiger partial charge on any atom is 0.314 e. The number of carbonyl (C=O) groups is 1. The van der Waals surface area contributed by atoms with Crippen LogP contribution in [0.1, 0.15) is 13.3 Å². The van der Waals surface area contributed by atoms with Gasteiger partial charge in [0.15, 0.2) is 0 Å². The fourth-order valence-corrected chi connectivity index (χ4v) is 0.318. The number of nitrogens with one attached hydrogen (secondary N) is 1. The van der Waals surface area contributed by atoms with Crippen molar-refractivity contribution >= 4 is 6.03 Å². The van der Waals surface area contributed by atoms with Crippen molar-refractivity contribution in [1.29, 1.82) is 0 Å². The fraction of sp³-hybridized carbons (Fsp3) is 0.750. The van der Waals surface area contributed by atoms with Crippen molar-refractivity contribution in [2.24, 2.45) is 17.2 Å². The zero-order valence-corrected chi connectivity index (χ0v) is 5.35. The highest BCUT2D eigenvalue weighted by Gasteiger charge is 2.16. The second-order valence-electron chi connectivity index (χ2n) is 1.88. The van der Waals surface area contributed by atoms with E-state index in [0.29, 0.717) is 6.42 Å². The average Bonchev–Trinajstić information content (AvgIpc) is 1.63. The maximum atomic E-state index is 10.1. The van der Waals surface area contributed by atoms with Gasteiger partial charge in [0.2, 0.25) is 0 Å². The van der Waals surface area contributed by atoms with Crippen LogP contribution in [0.2, 0.25) is 0 Å². The van der Waals surface area contributed by atoms with Crippen LogP contribution in [0.25, 0.3) is 0 Å². The monoisotopic (exact) mass is 132 g/mol. The third-order valence-corrected chi connectivity index (χ3v) is 0.941. The molecule has 0 aliphatic carbocycles. The summed E-state index contributed by atoms with van der Waals surface area (Å²) in [4.78, 5) is 10.1. The second-order valence-corrected chi connectivity index (χ2v) is 1.88. The number of hydrogen-bond donors (Lipinski definition) is 4. The summed E-state index contributed by atoms with van der Waals surface area (Å²) in [6.07, 6.45) is 0.440. The lowest BCUT2D eigenvalue weighted by atomic mass is 10.3. The molecule has 0 rings (SSSR count). The third kappa shape index (κ3) is 3.75. The van der Waals surface area contributed by atoms with Gasteiger partial charge in [-0.25, -0.2) is 4.79 Å². The van der Waals surface area contributed by atoms with Gasteiger partial charge >= 0.3 is 6.03 Å². The van der Waals surface area contributed by atoms with Gasteiger partial charge in [-0.1, -0.05) is 6.92 Å². The summed E-state index contributed by atoms with van der Waals surface area (Å²) in [6.45, 7) is 1.75. The summed E-state index contributed by atoms with van der Waals surface area (Å²) in [5, 5.41) is 2.16. The molecule has 0 atom stereocenters. The van der Waals surface area contributed by atoms with E-state index in [1.807, 2.05) is 0 Å². The average molecular weight is 132 g/mol. The predicted molar refractivity (Wildman–Crippen MR) is 34.1 cm³/mol. The van der Waals surface area contributed by atoms with E-state index >= 15 is 0 Å². The molecule has 5 nitrogen and oxygen atoms in total. The van der Waals surface area contributed by atoms with E-state index in [0.717, 1.165) is 0 Å². The van der Waals surface area contributed by atoms with Crippen LogP contribution in [0, 0.1) is 0 Å². The molecule has 0 aliphatic rings. The van der Waals surface area contributed by atoms with Crippen molar-refractivity contribution in [2.75, 3.05) is 0 Å². The van der Waals surface area contributed by atoms with Gasteiger partial charge in [-0.15, -0.1) is 0 Å². The van der Waals surface area contributed by atoms with Crippen LogP contribution >= 0.6 is 0 Å². The lowest BCUT2D eigenvalue weighted by Gasteiger charge is -2.22. The maximum absolute atomic E-state index is 10.1. The van der Waals surface area contributed by atoms with Gasteiger partial charge in [0.25, 0.3) is 0 Å². The van der Waals surface area contributed by atoms with Crippen molar-refractivity contribution in [2.45, 2.75) is 19.1 Å². The first-order valence-corrected chi connectivity index (χ1v) is 2.63. The molecule has 0 aliphatic heterocycles.